The first-order valence-corrected chi connectivity index (χ1v) is 4.77. The van der Waals surface area contributed by atoms with Crippen LogP contribution in [0.1, 0.15) is 32.6 Å². The molecule has 1 fully saturated rings. The fraction of sp³-hybridized carbons (Fsp3) is 0.727. The summed E-state index contributed by atoms with van der Waals surface area (Å²) in [6.07, 6.45) is 4.67. The topological polar surface area (TPSA) is 26.3 Å². The van der Waals surface area contributed by atoms with E-state index >= 15 is 0 Å². The lowest BCUT2D eigenvalue weighted by atomic mass is 9.80. The molecule has 72 valence electrons. The monoisotopic (exact) mass is 180 g/mol. The number of carbonyl (C=O) groups excluding carboxylic acids is 1. The summed E-state index contributed by atoms with van der Waals surface area (Å²) in [5, 5.41) is 0. The van der Waals surface area contributed by atoms with Gasteiger partial charge >= 0.3 is 0 Å². The Hall–Kier alpha value is -0.810. The highest BCUT2D eigenvalue weighted by molar-refractivity contribution is 5.59. The fourth-order valence-electron chi connectivity index (χ4n) is 1.66. The molecule has 2 nitrogen and oxygen atoms in total. The van der Waals surface area contributed by atoms with Gasteiger partial charge in [-0.1, -0.05) is 0 Å². The molecule has 1 saturated heterocycles. The third-order valence-corrected chi connectivity index (χ3v) is 2.53. The average Bonchev–Trinajstić information content (AvgIpc) is 2.20. The predicted molar refractivity (Wildman–Crippen MR) is 51.2 cm³/mol. The van der Waals surface area contributed by atoms with Gasteiger partial charge in [0, 0.05) is 13.0 Å². The first kappa shape index (κ1) is 10.3. The Morgan fingerprint density at radius 3 is 3.00 bits per heavy atom. The van der Waals surface area contributed by atoms with Gasteiger partial charge in [-0.05, 0) is 26.2 Å². The van der Waals surface area contributed by atoms with Crippen LogP contribution in [0.15, 0.2) is 0 Å². The molecule has 2 heteroatoms. The summed E-state index contributed by atoms with van der Waals surface area (Å²) in [5.41, 5.74) is -0.234. The van der Waals surface area contributed by atoms with E-state index in [9.17, 15) is 4.79 Å². The molecule has 0 amide bonds. The van der Waals surface area contributed by atoms with Crippen LogP contribution in [0.3, 0.4) is 0 Å². The van der Waals surface area contributed by atoms with Crippen LogP contribution in [0, 0.1) is 17.3 Å². The van der Waals surface area contributed by atoms with Gasteiger partial charge in [0.25, 0.3) is 0 Å². The Morgan fingerprint density at radius 2 is 2.46 bits per heavy atom. The summed E-state index contributed by atoms with van der Waals surface area (Å²) in [5.74, 6) is 5.83. The molecule has 0 radical (unpaired) electrons. The molecule has 0 N–H and O–H groups in total. The van der Waals surface area contributed by atoms with Crippen molar-refractivity contribution in [1.82, 2.24) is 0 Å². The van der Waals surface area contributed by atoms with Gasteiger partial charge in [0.1, 0.15) is 6.29 Å². The van der Waals surface area contributed by atoms with Crippen LogP contribution in [0.2, 0.25) is 0 Å². The Kier molecular flexibility index (Phi) is 3.98. The lowest BCUT2D eigenvalue weighted by Crippen LogP contribution is -2.33. The minimum absolute atomic E-state index is 0.234. The van der Waals surface area contributed by atoms with E-state index < -0.39 is 0 Å². The molecule has 0 saturated carbocycles. The number of rotatable bonds is 3. The molecule has 0 spiro atoms. The highest BCUT2D eigenvalue weighted by Gasteiger charge is 2.31. The predicted octanol–water partition coefficient (Wildman–Crippen LogP) is 1.79. The van der Waals surface area contributed by atoms with Crippen molar-refractivity contribution in [3.05, 3.63) is 0 Å². The first-order valence-electron chi connectivity index (χ1n) is 4.77. The molecule has 1 aliphatic rings. The van der Waals surface area contributed by atoms with Crippen molar-refractivity contribution in [3.63, 3.8) is 0 Å². The molecule has 0 aromatic carbocycles. The maximum Gasteiger partial charge on any atom is 0.128 e. The normalized spacial score (nSPS) is 27.5. The van der Waals surface area contributed by atoms with Crippen LogP contribution >= 0.6 is 0 Å². The van der Waals surface area contributed by atoms with Crippen LogP contribution in [-0.4, -0.2) is 19.5 Å². The molecule has 1 atom stereocenters. The largest absolute Gasteiger partial charge is 0.380 e. The summed E-state index contributed by atoms with van der Waals surface area (Å²) in [4.78, 5) is 10.9. The van der Waals surface area contributed by atoms with E-state index in [1.54, 1.807) is 0 Å². The van der Waals surface area contributed by atoms with Crippen molar-refractivity contribution in [2.75, 3.05) is 13.2 Å². The molecule has 1 aliphatic heterocycles. The van der Waals surface area contributed by atoms with Gasteiger partial charge in [0.15, 0.2) is 0 Å². The van der Waals surface area contributed by atoms with Gasteiger partial charge in [-0.25, -0.2) is 0 Å². The summed E-state index contributed by atoms with van der Waals surface area (Å²) in [6.45, 7) is 3.21. The number of hydrogen-bond donors (Lipinski definition) is 0. The highest BCUT2D eigenvalue weighted by Crippen LogP contribution is 2.30. The van der Waals surface area contributed by atoms with Crippen molar-refractivity contribution in [2.24, 2.45) is 5.41 Å². The average molecular weight is 180 g/mol. The summed E-state index contributed by atoms with van der Waals surface area (Å²) in [6, 6.07) is 0. The molecule has 0 bridgehead atoms. The quantitative estimate of drug-likeness (QED) is 0.489. The van der Waals surface area contributed by atoms with Gasteiger partial charge in [0.2, 0.25) is 0 Å². The van der Waals surface area contributed by atoms with Gasteiger partial charge in [-0.2, -0.15) is 0 Å². The summed E-state index contributed by atoms with van der Waals surface area (Å²) in [7, 11) is 0. The Bertz CT molecular complexity index is 216. The van der Waals surface area contributed by atoms with E-state index in [2.05, 4.69) is 11.8 Å². The Balaban J connectivity index is 2.45. The van der Waals surface area contributed by atoms with Crippen LogP contribution in [0.4, 0.5) is 0 Å². The van der Waals surface area contributed by atoms with Crippen LogP contribution in [0.5, 0.6) is 0 Å². The zero-order chi connectivity index (χ0) is 9.57. The SMILES string of the molecule is CC#CCCC1(C=O)CCCOC1. The minimum Gasteiger partial charge on any atom is -0.380 e. The van der Waals surface area contributed by atoms with E-state index in [4.69, 9.17) is 4.74 Å². The van der Waals surface area contributed by atoms with E-state index in [-0.39, 0.29) is 5.41 Å². The third kappa shape index (κ3) is 2.86. The van der Waals surface area contributed by atoms with E-state index in [0.29, 0.717) is 6.61 Å². The van der Waals surface area contributed by atoms with Crippen LogP contribution in [-0.2, 0) is 9.53 Å². The van der Waals surface area contributed by atoms with E-state index in [1.807, 2.05) is 6.92 Å². The van der Waals surface area contributed by atoms with Crippen LogP contribution < -0.4 is 0 Å². The third-order valence-electron chi connectivity index (χ3n) is 2.53. The van der Waals surface area contributed by atoms with Gasteiger partial charge in [-0.15, -0.1) is 11.8 Å². The van der Waals surface area contributed by atoms with Gasteiger partial charge in [0.05, 0.1) is 12.0 Å². The number of aldehydes is 1. The van der Waals surface area contributed by atoms with Crippen molar-refractivity contribution >= 4 is 6.29 Å². The van der Waals surface area contributed by atoms with Crippen LogP contribution in [0.25, 0.3) is 0 Å². The molecule has 0 aromatic rings. The first-order chi connectivity index (χ1) is 6.33. The molecular weight excluding hydrogens is 164 g/mol. The highest BCUT2D eigenvalue weighted by atomic mass is 16.5. The maximum absolute atomic E-state index is 10.9. The minimum atomic E-state index is -0.234. The van der Waals surface area contributed by atoms with Crippen molar-refractivity contribution < 1.29 is 9.53 Å². The zero-order valence-electron chi connectivity index (χ0n) is 8.14. The number of carbonyl (C=O) groups is 1. The second-order valence-corrected chi connectivity index (χ2v) is 3.56. The second-order valence-electron chi connectivity index (χ2n) is 3.56. The smallest absolute Gasteiger partial charge is 0.128 e. The van der Waals surface area contributed by atoms with Crippen molar-refractivity contribution in [3.8, 4) is 11.8 Å². The van der Waals surface area contributed by atoms with Gasteiger partial charge in [-0.3, -0.25) is 0 Å². The van der Waals surface area contributed by atoms with Gasteiger partial charge < -0.3 is 9.53 Å². The lowest BCUT2D eigenvalue weighted by molar-refractivity contribution is -0.124. The molecule has 13 heavy (non-hydrogen) atoms. The Labute approximate surface area is 79.7 Å². The zero-order valence-corrected chi connectivity index (χ0v) is 8.14. The number of ether oxygens (including phenoxy) is 1. The van der Waals surface area contributed by atoms with E-state index in [0.717, 1.165) is 38.6 Å². The molecule has 0 aliphatic carbocycles. The molecule has 1 unspecified atom stereocenters. The standard InChI is InChI=1S/C11H16O2/c1-2-3-4-6-11(9-12)7-5-8-13-10-11/h9H,4-8,10H2,1H3. The molecular formula is C11H16O2. The maximum atomic E-state index is 10.9. The number of hydrogen-bond acceptors (Lipinski definition) is 2. The molecule has 1 rings (SSSR count). The van der Waals surface area contributed by atoms with Crippen molar-refractivity contribution in [1.29, 1.82) is 0 Å². The van der Waals surface area contributed by atoms with Crippen molar-refractivity contribution in [2.45, 2.75) is 32.6 Å². The molecule has 1 heterocycles. The second kappa shape index (κ2) is 5.04. The Morgan fingerprint density at radius 1 is 1.62 bits per heavy atom. The molecule has 0 aromatic heterocycles. The lowest BCUT2D eigenvalue weighted by Gasteiger charge is -2.31. The summed E-state index contributed by atoms with van der Waals surface area (Å²) >= 11 is 0. The summed E-state index contributed by atoms with van der Waals surface area (Å²) < 4.78 is 5.33. The fourth-order valence-corrected chi connectivity index (χ4v) is 1.66. The van der Waals surface area contributed by atoms with E-state index in [1.165, 1.54) is 0 Å².